The molecule has 1 amide bonds. The number of pyridine rings is 1. The zero-order chi connectivity index (χ0) is 26.5. The molecule has 2 aromatic rings. The molecule has 38 heavy (non-hydrogen) atoms. The molecule has 4 aliphatic rings. The molecule has 3 N–H and O–H groups in total. The summed E-state index contributed by atoms with van der Waals surface area (Å²) < 4.78 is 24.6. The van der Waals surface area contributed by atoms with Crippen molar-refractivity contribution in [2.45, 2.75) is 62.8 Å². The summed E-state index contributed by atoms with van der Waals surface area (Å²) in [5, 5.41) is 3.00. The third-order valence-electron chi connectivity index (χ3n) is 9.13. The van der Waals surface area contributed by atoms with E-state index in [4.69, 9.17) is 9.47 Å². The molecule has 200 valence electrons. The third-order valence-corrected chi connectivity index (χ3v) is 9.13. The summed E-state index contributed by atoms with van der Waals surface area (Å²) in [6.07, 6.45) is 8.35. The van der Waals surface area contributed by atoms with Gasteiger partial charge in [0.15, 0.2) is 0 Å². The van der Waals surface area contributed by atoms with Gasteiger partial charge in [0.2, 0.25) is 0 Å². The van der Waals surface area contributed by atoms with Crippen LogP contribution in [0.5, 0.6) is 0 Å². The largest absolute Gasteiger partial charge is 0.460 e. The Balaban J connectivity index is 1.28. The van der Waals surface area contributed by atoms with Crippen LogP contribution in [0.3, 0.4) is 0 Å². The molecule has 8 nitrogen and oxygen atoms in total. The summed E-state index contributed by atoms with van der Waals surface area (Å²) in [6.45, 7) is 4.08. The number of hydrazine groups is 1. The van der Waals surface area contributed by atoms with Crippen LogP contribution in [0.4, 0.5) is 9.18 Å². The summed E-state index contributed by atoms with van der Waals surface area (Å²) in [4.78, 5) is 29.7. The van der Waals surface area contributed by atoms with Crippen molar-refractivity contribution in [3.8, 4) is 11.1 Å². The van der Waals surface area contributed by atoms with Crippen molar-refractivity contribution in [1.29, 1.82) is 0 Å². The molecule has 2 aliphatic carbocycles. The van der Waals surface area contributed by atoms with Gasteiger partial charge in [0, 0.05) is 29.3 Å². The standard InChI is InChI=1S/C29H33FN4O4/c1-3-37-27(36)32-23-11-12-28-20(14-23)15-24-26(35)38-17(2)29(24,34-33-28)25(28)10-9-22-8-7-19(16-31-22)18-5-4-6-21(30)13-18/h4-10,13,16-17,20,23-25,33-34H,3,11-12,14-15H2,1-2H3,(H,32,36)/b10-9+/t17-,20+,23-,24-,25-,28+,29+/m0/s1. The molecule has 4 fully saturated rings. The number of benzene rings is 1. The number of esters is 1. The molecule has 2 aliphatic heterocycles. The average molecular weight is 521 g/mol. The first-order chi connectivity index (χ1) is 18.4. The third kappa shape index (κ3) is 3.91. The molecule has 2 saturated carbocycles. The van der Waals surface area contributed by atoms with E-state index in [0.717, 1.165) is 36.1 Å². The summed E-state index contributed by atoms with van der Waals surface area (Å²) in [5.74, 6) is -0.597. The van der Waals surface area contributed by atoms with Gasteiger partial charge in [-0.2, -0.15) is 0 Å². The fourth-order valence-corrected chi connectivity index (χ4v) is 7.38. The van der Waals surface area contributed by atoms with Gasteiger partial charge in [-0.25, -0.2) is 14.6 Å². The Hall–Kier alpha value is -3.30. The van der Waals surface area contributed by atoms with Crippen LogP contribution >= 0.6 is 0 Å². The van der Waals surface area contributed by atoms with Crippen molar-refractivity contribution in [2.75, 3.05) is 6.61 Å². The lowest BCUT2D eigenvalue weighted by atomic mass is 9.51. The highest BCUT2D eigenvalue weighted by Gasteiger charge is 2.73. The number of ether oxygens (including phenoxy) is 2. The van der Waals surface area contributed by atoms with E-state index in [1.54, 1.807) is 19.2 Å². The predicted octanol–water partition coefficient (Wildman–Crippen LogP) is 3.98. The van der Waals surface area contributed by atoms with Gasteiger partial charge in [0.25, 0.3) is 0 Å². The molecular weight excluding hydrogens is 487 g/mol. The van der Waals surface area contributed by atoms with Crippen LogP contribution in [0.25, 0.3) is 17.2 Å². The van der Waals surface area contributed by atoms with E-state index in [9.17, 15) is 14.0 Å². The Bertz CT molecular complexity index is 1270. The maximum absolute atomic E-state index is 13.7. The number of carbonyl (C=O) groups excluding carboxylic acids is 2. The van der Waals surface area contributed by atoms with E-state index >= 15 is 0 Å². The van der Waals surface area contributed by atoms with Crippen LogP contribution in [0.2, 0.25) is 0 Å². The second-order valence-electron chi connectivity index (χ2n) is 10.9. The first-order valence-electron chi connectivity index (χ1n) is 13.4. The quantitative estimate of drug-likeness (QED) is 0.513. The van der Waals surface area contributed by atoms with Crippen LogP contribution in [0, 0.1) is 23.6 Å². The highest BCUT2D eigenvalue weighted by Crippen LogP contribution is 2.60. The molecule has 2 bridgehead atoms. The molecule has 1 aromatic carbocycles. The van der Waals surface area contributed by atoms with E-state index < -0.39 is 11.6 Å². The number of rotatable bonds is 5. The molecule has 1 aromatic heterocycles. The average Bonchev–Trinajstić information content (AvgIpc) is 3.29. The summed E-state index contributed by atoms with van der Waals surface area (Å²) in [6, 6.07) is 10.3. The van der Waals surface area contributed by atoms with Crippen LogP contribution in [0.15, 0.2) is 48.7 Å². The van der Waals surface area contributed by atoms with Gasteiger partial charge < -0.3 is 14.8 Å². The number of hydrogen-bond donors (Lipinski definition) is 3. The molecule has 6 rings (SSSR count). The van der Waals surface area contributed by atoms with Gasteiger partial charge in [-0.3, -0.25) is 15.2 Å². The second-order valence-corrected chi connectivity index (χ2v) is 10.9. The summed E-state index contributed by atoms with van der Waals surface area (Å²) in [5.41, 5.74) is 8.76. The van der Waals surface area contributed by atoms with E-state index in [-0.39, 0.29) is 47.2 Å². The van der Waals surface area contributed by atoms with Crippen LogP contribution in [0.1, 0.15) is 45.2 Å². The number of nitrogens with zero attached hydrogens (tertiary/aromatic N) is 1. The zero-order valence-corrected chi connectivity index (χ0v) is 21.6. The van der Waals surface area contributed by atoms with Gasteiger partial charge in [-0.05, 0) is 75.3 Å². The fraction of sp³-hybridized carbons (Fsp3) is 0.483. The minimum atomic E-state index is -0.549. The monoisotopic (exact) mass is 520 g/mol. The number of aromatic nitrogens is 1. The SMILES string of the molecule is CCOC(=O)N[C@H]1CC[C@@]23NN[C@@]4([C@H](C)OC(=O)[C@@H]4C[C@H]2C1)[C@H]3/C=C/c1ccc(-c2cccc(F)c2)cn1. The molecule has 2 spiro atoms. The van der Waals surface area contributed by atoms with E-state index in [1.807, 2.05) is 31.2 Å². The van der Waals surface area contributed by atoms with Crippen molar-refractivity contribution in [3.05, 3.63) is 60.2 Å². The smallest absolute Gasteiger partial charge is 0.407 e. The Morgan fingerprint density at radius 1 is 1.26 bits per heavy atom. The lowest BCUT2D eigenvalue weighted by Gasteiger charge is -2.53. The maximum Gasteiger partial charge on any atom is 0.407 e. The molecule has 2 saturated heterocycles. The molecule has 0 radical (unpaired) electrons. The Morgan fingerprint density at radius 2 is 2.13 bits per heavy atom. The number of carbonyl (C=O) groups is 2. The molecular formula is C29H33FN4O4. The number of amides is 1. The van der Waals surface area contributed by atoms with Gasteiger partial charge in [0.05, 0.1) is 23.8 Å². The van der Waals surface area contributed by atoms with Gasteiger partial charge in [-0.15, -0.1) is 0 Å². The van der Waals surface area contributed by atoms with Crippen molar-refractivity contribution in [3.63, 3.8) is 0 Å². The van der Waals surface area contributed by atoms with E-state index in [1.165, 1.54) is 12.1 Å². The molecule has 7 atom stereocenters. The highest BCUT2D eigenvalue weighted by atomic mass is 19.1. The van der Waals surface area contributed by atoms with Crippen molar-refractivity contribution >= 4 is 18.1 Å². The minimum absolute atomic E-state index is 0.00362. The topological polar surface area (TPSA) is 102 Å². The summed E-state index contributed by atoms with van der Waals surface area (Å²) >= 11 is 0. The Morgan fingerprint density at radius 3 is 2.89 bits per heavy atom. The second kappa shape index (κ2) is 9.47. The Labute approximate surface area is 221 Å². The number of nitrogens with one attached hydrogen (secondary N) is 3. The highest BCUT2D eigenvalue weighted by molar-refractivity contribution is 5.79. The van der Waals surface area contributed by atoms with Crippen molar-refractivity contribution in [2.24, 2.45) is 17.8 Å². The van der Waals surface area contributed by atoms with E-state index in [2.05, 4.69) is 27.2 Å². The Kier molecular flexibility index (Phi) is 6.23. The van der Waals surface area contributed by atoms with Gasteiger partial charge >= 0.3 is 12.1 Å². The molecule has 0 unspecified atom stereocenters. The van der Waals surface area contributed by atoms with Crippen LogP contribution < -0.4 is 16.2 Å². The zero-order valence-electron chi connectivity index (χ0n) is 21.6. The fourth-order valence-electron chi connectivity index (χ4n) is 7.38. The number of halogens is 1. The number of alkyl carbamates (subject to hydrolysis) is 1. The lowest BCUT2D eigenvalue weighted by Crippen LogP contribution is -2.64. The lowest BCUT2D eigenvalue weighted by molar-refractivity contribution is -0.144. The molecule has 9 heteroatoms. The first kappa shape index (κ1) is 25.0. The maximum atomic E-state index is 13.7. The van der Waals surface area contributed by atoms with Crippen molar-refractivity contribution < 1.29 is 23.5 Å². The molecule has 3 heterocycles. The van der Waals surface area contributed by atoms with E-state index in [0.29, 0.717) is 13.0 Å². The van der Waals surface area contributed by atoms with Crippen molar-refractivity contribution in [1.82, 2.24) is 21.2 Å². The van der Waals surface area contributed by atoms with Crippen LogP contribution in [-0.2, 0) is 14.3 Å². The number of cyclic esters (lactones) is 1. The number of hydrogen-bond acceptors (Lipinski definition) is 7. The van der Waals surface area contributed by atoms with Gasteiger partial charge in [0.1, 0.15) is 11.9 Å². The minimum Gasteiger partial charge on any atom is -0.460 e. The first-order valence-corrected chi connectivity index (χ1v) is 13.4. The van der Waals surface area contributed by atoms with Crippen LogP contribution in [-0.4, -0.2) is 46.9 Å². The van der Waals surface area contributed by atoms with Gasteiger partial charge in [-0.1, -0.05) is 24.3 Å². The predicted molar refractivity (Wildman–Crippen MR) is 139 cm³/mol. The normalized spacial score (nSPS) is 35.4. The summed E-state index contributed by atoms with van der Waals surface area (Å²) in [7, 11) is 0.